The van der Waals surface area contributed by atoms with Crippen LogP contribution in [-0.4, -0.2) is 31.4 Å². The van der Waals surface area contributed by atoms with Crippen LogP contribution in [0.5, 0.6) is 0 Å². The van der Waals surface area contributed by atoms with Gasteiger partial charge in [0.1, 0.15) is 11.9 Å². The maximum absolute atomic E-state index is 4.54. The lowest BCUT2D eigenvalue weighted by molar-refractivity contribution is 0.195. The topological polar surface area (TPSA) is 60.6 Å². The van der Waals surface area contributed by atoms with Crippen LogP contribution in [0.25, 0.3) is 0 Å². The van der Waals surface area contributed by atoms with Crippen LogP contribution < -0.4 is 0 Å². The summed E-state index contributed by atoms with van der Waals surface area (Å²) in [6, 6.07) is 2.29. The molecule has 0 bridgehead atoms. The molecule has 1 atom stereocenters. The minimum Gasteiger partial charge on any atom is -0.348 e. The molecule has 0 aliphatic carbocycles. The summed E-state index contributed by atoms with van der Waals surface area (Å²) < 4.78 is 0. The molecule has 0 amide bonds. The summed E-state index contributed by atoms with van der Waals surface area (Å²) in [4.78, 5) is 19.4. The molecule has 3 aromatic rings. The molecular formula is C15H17N5S. The van der Waals surface area contributed by atoms with Crippen molar-refractivity contribution >= 4 is 11.3 Å². The van der Waals surface area contributed by atoms with Gasteiger partial charge in [-0.2, -0.15) is 0 Å². The SMILES string of the molecule is Cc1ccsc1CN1CCc2[nH]cnc2C1c1ncc[nH]1. The molecule has 5 nitrogen and oxygen atoms in total. The molecule has 1 aliphatic rings. The average molecular weight is 299 g/mol. The van der Waals surface area contributed by atoms with Gasteiger partial charge >= 0.3 is 0 Å². The molecule has 3 aromatic heterocycles. The summed E-state index contributed by atoms with van der Waals surface area (Å²) in [5.74, 6) is 0.970. The number of nitrogens with one attached hydrogen (secondary N) is 2. The van der Waals surface area contributed by atoms with E-state index in [1.807, 2.05) is 23.7 Å². The standard InChI is InChI=1S/C15H17N5S/c1-10-3-7-21-12(10)8-20-6-2-11-13(19-9-18-11)14(20)15-16-4-5-17-15/h3-5,7,9,14H,2,6,8H2,1H3,(H,16,17)(H,18,19). The molecule has 0 saturated heterocycles. The van der Waals surface area contributed by atoms with E-state index in [1.54, 1.807) is 6.33 Å². The van der Waals surface area contributed by atoms with Gasteiger partial charge in [0.05, 0.1) is 12.0 Å². The van der Waals surface area contributed by atoms with E-state index in [1.165, 1.54) is 16.1 Å². The fourth-order valence-electron chi connectivity index (χ4n) is 2.98. The highest BCUT2D eigenvalue weighted by Gasteiger charge is 2.32. The van der Waals surface area contributed by atoms with E-state index in [9.17, 15) is 0 Å². The zero-order valence-electron chi connectivity index (χ0n) is 11.8. The molecule has 21 heavy (non-hydrogen) atoms. The molecular weight excluding hydrogens is 282 g/mol. The van der Waals surface area contributed by atoms with Gasteiger partial charge in [-0.25, -0.2) is 9.97 Å². The smallest absolute Gasteiger partial charge is 0.129 e. The Morgan fingerprint density at radius 3 is 3.10 bits per heavy atom. The van der Waals surface area contributed by atoms with Crippen molar-refractivity contribution in [3.8, 4) is 0 Å². The number of rotatable bonds is 3. The highest BCUT2D eigenvalue weighted by molar-refractivity contribution is 7.10. The number of hydrogen-bond acceptors (Lipinski definition) is 4. The molecule has 0 saturated carbocycles. The van der Waals surface area contributed by atoms with Gasteiger partial charge in [0, 0.05) is 42.5 Å². The maximum Gasteiger partial charge on any atom is 0.129 e. The molecule has 1 aliphatic heterocycles. The molecule has 108 valence electrons. The summed E-state index contributed by atoms with van der Waals surface area (Å²) >= 11 is 1.83. The minimum absolute atomic E-state index is 0.108. The zero-order valence-corrected chi connectivity index (χ0v) is 12.7. The van der Waals surface area contributed by atoms with Crippen LogP contribution in [0.1, 0.15) is 33.7 Å². The van der Waals surface area contributed by atoms with Crippen molar-refractivity contribution in [1.29, 1.82) is 0 Å². The van der Waals surface area contributed by atoms with E-state index >= 15 is 0 Å². The molecule has 6 heteroatoms. The van der Waals surface area contributed by atoms with Gasteiger partial charge in [0.2, 0.25) is 0 Å². The second kappa shape index (κ2) is 5.13. The first-order valence-corrected chi connectivity index (χ1v) is 7.99. The molecule has 0 radical (unpaired) electrons. The summed E-state index contributed by atoms with van der Waals surface area (Å²) in [5.41, 5.74) is 3.70. The first kappa shape index (κ1) is 12.8. The van der Waals surface area contributed by atoms with Gasteiger partial charge in [0.25, 0.3) is 0 Å². The molecule has 4 rings (SSSR count). The largest absolute Gasteiger partial charge is 0.348 e. The van der Waals surface area contributed by atoms with Gasteiger partial charge in [-0.1, -0.05) is 0 Å². The zero-order chi connectivity index (χ0) is 14.2. The van der Waals surface area contributed by atoms with E-state index < -0.39 is 0 Å². The third-order valence-corrected chi connectivity index (χ3v) is 5.13. The van der Waals surface area contributed by atoms with Gasteiger partial charge in [-0.3, -0.25) is 4.90 Å². The van der Waals surface area contributed by atoms with E-state index in [0.29, 0.717) is 0 Å². The molecule has 4 heterocycles. The van der Waals surface area contributed by atoms with Gasteiger partial charge in [-0.15, -0.1) is 11.3 Å². The summed E-state index contributed by atoms with van der Waals surface area (Å²) in [7, 11) is 0. The Bertz CT molecular complexity index is 727. The van der Waals surface area contributed by atoms with Crippen LogP contribution in [-0.2, 0) is 13.0 Å². The first-order valence-electron chi connectivity index (χ1n) is 7.11. The van der Waals surface area contributed by atoms with Crippen molar-refractivity contribution < 1.29 is 0 Å². The summed E-state index contributed by atoms with van der Waals surface area (Å²) in [6.45, 7) is 4.14. The number of aromatic nitrogens is 4. The second-order valence-electron chi connectivity index (χ2n) is 5.39. The summed E-state index contributed by atoms with van der Waals surface area (Å²) in [5, 5.41) is 2.16. The van der Waals surface area contributed by atoms with Crippen LogP contribution in [0.3, 0.4) is 0 Å². The Morgan fingerprint density at radius 1 is 1.38 bits per heavy atom. The minimum atomic E-state index is 0.108. The highest BCUT2D eigenvalue weighted by atomic mass is 32.1. The third kappa shape index (κ3) is 2.20. The van der Waals surface area contributed by atoms with E-state index in [-0.39, 0.29) is 6.04 Å². The van der Waals surface area contributed by atoms with Gasteiger partial charge in [0.15, 0.2) is 0 Å². The lowest BCUT2D eigenvalue weighted by Crippen LogP contribution is -2.36. The quantitative estimate of drug-likeness (QED) is 0.781. The molecule has 0 spiro atoms. The number of aryl methyl sites for hydroxylation is 1. The van der Waals surface area contributed by atoms with E-state index in [0.717, 1.165) is 31.0 Å². The van der Waals surface area contributed by atoms with Crippen LogP contribution in [0.15, 0.2) is 30.2 Å². The predicted molar refractivity (Wildman–Crippen MR) is 82.2 cm³/mol. The number of aromatic amines is 2. The van der Waals surface area contributed by atoms with Gasteiger partial charge < -0.3 is 9.97 Å². The second-order valence-corrected chi connectivity index (χ2v) is 6.39. The van der Waals surface area contributed by atoms with Crippen LogP contribution in [0.2, 0.25) is 0 Å². The number of H-pyrrole nitrogens is 2. The Labute approximate surface area is 127 Å². The van der Waals surface area contributed by atoms with E-state index in [4.69, 9.17) is 0 Å². The Kier molecular flexibility index (Phi) is 3.12. The van der Waals surface area contributed by atoms with E-state index in [2.05, 4.69) is 43.2 Å². The number of fused-ring (bicyclic) bond motifs is 1. The molecule has 2 N–H and O–H groups in total. The van der Waals surface area contributed by atoms with Crippen LogP contribution >= 0.6 is 11.3 Å². The van der Waals surface area contributed by atoms with Crippen molar-refractivity contribution in [2.24, 2.45) is 0 Å². The molecule has 0 fully saturated rings. The molecule has 1 unspecified atom stereocenters. The van der Waals surface area contributed by atoms with Crippen molar-refractivity contribution in [1.82, 2.24) is 24.8 Å². The lowest BCUT2D eigenvalue weighted by Gasteiger charge is -2.33. The number of nitrogens with zero attached hydrogens (tertiary/aromatic N) is 3. The van der Waals surface area contributed by atoms with Crippen molar-refractivity contribution in [2.75, 3.05) is 6.54 Å². The first-order chi connectivity index (χ1) is 10.3. The van der Waals surface area contributed by atoms with Crippen molar-refractivity contribution in [3.05, 3.63) is 57.8 Å². The monoisotopic (exact) mass is 299 g/mol. The predicted octanol–water partition coefficient (Wildman–Crippen LogP) is 2.65. The Morgan fingerprint density at radius 2 is 2.33 bits per heavy atom. The lowest BCUT2D eigenvalue weighted by atomic mass is 10.0. The van der Waals surface area contributed by atoms with Crippen molar-refractivity contribution in [3.63, 3.8) is 0 Å². The number of imidazole rings is 2. The fourth-order valence-corrected chi connectivity index (χ4v) is 3.91. The Hall–Kier alpha value is -1.92. The maximum atomic E-state index is 4.54. The van der Waals surface area contributed by atoms with Crippen molar-refractivity contribution in [2.45, 2.75) is 25.9 Å². The average Bonchev–Trinajstić information content (AvgIpc) is 3.21. The Balaban J connectivity index is 1.71. The summed E-state index contributed by atoms with van der Waals surface area (Å²) in [6.07, 6.45) is 6.49. The highest BCUT2D eigenvalue weighted by Crippen LogP contribution is 2.33. The van der Waals surface area contributed by atoms with Crippen LogP contribution in [0, 0.1) is 6.92 Å². The number of thiophene rings is 1. The number of hydrogen-bond donors (Lipinski definition) is 2. The van der Waals surface area contributed by atoms with Crippen LogP contribution in [0.4, 0.5) is 0 Å². The third-order valence-electron chi connectivity index (χ3n) is 4.12. The normalized spacial score (nSPS) is 18.8. The fraction of sp³-hybridized carbons (Fsp3) is 0.333. The molecule has 0 aromatic carbocycles. The van der Waals surface area contributed by atoms with Gasteiger partial charge in [-0.05, 0) is 23.9 Å².